The number of aromatic nitrogens is 1. The van der Waals surface area contributed by atoms with Crippen molar-refractivity contribution in [3.8, 4) is 61.3 Å². The summed E-state index contributed by atoms with van der Waals surface area (Å²) in [6, 6.07) is 102. The Bertz CT molecular complexity index is 4020. The van der Waals surface area contributed by atoms with Gasteiger partial charge < -0.3 is 9.47 Å². The Morgan fingerprint density at radius 1 is 0.243 bits per heavy atom. The first-order valence-corrected chi connectivity index (χ1v) is 24.1. The van der Waals surface area contributed by atoms with Gasteiger partial charge in [0.25, 0.3) is 0 Å². The molecule has 0 saturated carbocycles. The van der Waals surface area contributed by atoms with Crippen molar-refractivity contribution >= 4 is 60.4 Å². The van der Waals surface area contributed by atoms with Crippen molar-refractivity contribution in [3.63, 3.8) is 0 Å². The second kappa shape index (κ2) is 17.4. The van der Waals surface area contributed by atoms with E-state index in [4.69, 9.17) is 0 Å². The van der Waals surface area contributed by atoms with Gasteiger partial charge in [-0.1, -0.05) is 218 Å². The summed E-state index contributed by atoms with van der Waals surface area (Å²) in [5.41, 5.74) is 18.8. The molecule has 0 fully saturated rings. The van der Waals surface area contributed by atoms with Crippen LogP contribution in [0.4, 0.5) is 17.1 Å². The average molecular weight is 891 g/mol. The largest absolute Gasteiger partial charge is 0.311 e. The Balaban J connectivity index is 0.879. The summed E-state index contributed by atoms with van der Waals surface area (Å²) in [5, 5.41) is 7.50. The molecule has 0 aliphatic carbocycles. The molecule has 1 heterocycles. The number of hydrogen-bond donors (Lipinski definition) is 0. The molecule has 0 N–H and O–H groups in total. The van der Waals surface area contributed by atoms with E-state index in [1.54, 1.807) is 0 Å². The fourth-order valence-electron chi connectivity index (χ4n) is 10.6. The van der Waals surface area contributed by atoms with E-state index < -0.39 is 0 Å². The summed E-state index contributed by atoms with van der Waals surface area (Å²) in [5.74, 6) is 0. The number of nitrogens with zero attached hydrogens (tertiary/aromatic N) is 2. The van der Waals surface area contributed by atoms with Crippen LogP contribution in [0.15, 0.2) is 279 Å². The van der Waals surface area contributed by atoms with E-state index in [0.717, 1.165) is 33.9 Å². The molecule has 0 unspecified atom stereocenters. The van der Waals surface area contributed by atoms with Gasteiger partial charge in [-0.15, -0.1) is 0 Å². The molecule has 0 radical (unpaired) electrons. The fourth-order valence-corrected chi connectivity index (χ4v) is 10.6. The first-order chi connectivity index (χ1) is 34.7. The Morgan fingerprint density at radius 3 is 1.30 bits per heavy atom. The van der Waals surface area contributed by atoms with Crippen molar-refractivity contribution in [3.05, 3.63) is 279 Å². The number of hydrogen-bond acceptors (Lipinski definition) is 1. The lowest BCUT2D eigenvalue weighted by molar-refractivity contribution is 1.18. The molecule has 0 spiro atoms. The number of para-hydroxylation sites is 2. The van der Waals surface area contributed by atoms with Gasteiger partial charge in [-0.3, -0.25) is 0 Å². The Labute approximate surface area is 408 Å². The number of benzene rings is 12. The van der Waals surface area contributed by atoms with Crippen LogP contribution >= 0.6 is 0 Å². The topological polar surface area (TPSA) is 8.17 Å². The Hall–Kier alpha value is -9.24. The third-order valence-corrected chi connectivity index (χ3v) is 14.0. The van der Waals surface area contributed by atoms with Crippen LogP contribution < -0.4 is 4.90 Å². The highest BCUT2D eigenvalue weighted by atomic mass is 15.1. The quantitative estimate of drug-likeness (QED) is 0.140. The van der Waals surface area contributed by atoms with Gasteiger partial charge in [0.1, 0.15) is 0 Å². The van der Waals surface area contributed by atoms with Gasteiger partial charge in [-0.25, -0.2) is 0 Å². The summed E-state index contributed by atoms with van der Waals surface area (Å²) >= 11 is 0. The second-order valence-electron chi connectivity index (χ2n) is 18.1. The second-order valence-corrected chi connectivity index (χ2v) is 18.1. The minimum atomic E-state index is 1.08. The Morgan fingerprint density at radius 2 is 0.657 bits per heavy atom. The maximum absolute atomic E-state index is 2.44. The SMILES string of the molecule is c1ccc(-c2cccc3c4ccccc4n(-c4cccc(-c5ccc(N(c6ccc(-c7cccc(-c8cccc9ccccc89)c7)cc6)c6ccc(-c7cccc8ccccc78)cc6)cc5)c4)c23)cc1. The van der Waals surface area contributed by atoms with Gasteiger partial charge in [0, 0.05) is 39.1 Å². The lowest BCUT2D eigenvalue weighted by Gasteiger charge is -2.26. The van der Waals surface area contributed by atoms with Crippen LogP contribution in [-0.4, -0.2) is 4.57 Å². The van der Waals surface area contributed by atoms with Crippen molar-refractivity contribution in [1.29, 1.82) is 0 Å². The molecule has 2 nitrogen and oxygen atoms in total. The molecule has 0 aliphatic heterocycles. The predicted molar refractivity (Wildman–Crippen MR) is 298 cm³/mol. The van der Waals surface area contributed by atoms with Crippen molar-refractivity contribution in [2.75, 3.05) is 4.90 Å². The molecular weight excluding hydrogens is 845 g/mol. The molecule has 0 atom stereocenters. The third kappa shape index (κ3) is 7.31. The van der Waals surface area contributed by atoms with Crippen molar-refractivity contribution < 1.29 is 0 Å². The van der Waals surface area contributed by atoms with Gasteiger partial charge in [0.15, 0.2) is 0 Å². The first-order valence-electron chi connectivity index (χ1n) is 24.1. The number of fused-ring (bicyclic) bond motifs is 5. The summed E-state index contributed by atoms with van der Waals surface area (Å²) in [6.45, 7) is 0. The molecule has 0 bridgehead atoms. The molecule has 0 saturated heterocycles. The van der Waals surface area contributed by atoms with Gasteiger partial charge in [0.05, 0.1) is 11.0 Å². The molecule has 12 aromatic carbocycles. The molecular formula is C68H46N2. The summed E-state index contributed by atoms with van der Waals surface area (Å²) < 4.78 is 2.44. The van der Waals surface area contributed by atoms with E-state index >= 15 is 0 Å². The number of anilines is 3. The predicted octanol–water partition coefficient (Wildman–Crippen LogP) is 18.9. The lowest BCUT2D eigenvalue weighted by Crippen LogP contribution is -2.09. The van der Waals surface area contributed by atoms with Crippen LogP contribution in [0.1, 0.15) is 0 Å². The zero-order valence-corrected chi connectivity index (χ0v) is 38.5. The highest BCUT2D eigenvalue weighted by Gasteiger charge is 2.18. The molecule has 0 amide bonds. The van der Waals surface area contributed by atoms with Crippen molar-refractivity contribution in [2.45, 2.75) is 0 Å². The standard InChI is InChI=1S/C68H46N2/c1-2-15-51(16-3-1)64-30-14-31-66-65-27-8-9-32-67(65)70(68(64)66)59-24-11-22-54(46-59)48-35-41-57(42-36-48)69(58-43-37-52(38-44-58)62-28-12-19-49-17-4-6-25-60(49)62)56-39-33-47(34-40-56)53-21-10-23-55(45-53)63-29-13-20-50-18-5-7-26-61(50)63/h1-46H. The van der Waals surface area contributed by atoms with Gasteiger partial charge >= 0.3 is 0 Å². The fraction of sp³-hybridized carbons (Fsp3) is 0. The minimum absolute atomic E-state index is 1.08. The van der Waals surface area contributed by atoms with E-state index in [0.29, 0.717) is 0 Å². The average Bonchev–Trinajstić information content (AvgIpc) is 3.78. The highest BCUT2D eigenvalue weighted by molar-refractivity contribution is 6.14. The zero-order valence-electron chi connectivity index (χ0n) is 38.5. The molecule has 13 aromatic rings. The van der Waals surface area contributed by atoms with Gasteiger partial charge in [0.2, 0.25) is 0 Å². The van der Waals surface area contributed by atoms with Crippen molar-refractivity contribution in [1.82, 2.24) is 4.57 Å². The zero-order chi connectivity index (χ0) is 46.4. The van der Waals surface area contributed by atoms with Gasteiger partial charge in [-0.2, -0.15) is 0 Å². The third-order valence-electron chi connectivity index (χ3n) is 14.0. The lowest BCUT2D eigenvalue weighted by atomic mass is 9.95. The van der Waals surface area contributed by atoms with E-state index in [1.165, 1.54) is 87.9 Å². The van der Waals surface area contributed by atoms with Crippen LogP contribution in [0.25, 0.3) is 105 Å². The summed E-state index contributed by atoms with van der Waals surface area (Å²) in [4.78, 5) is 2.37. The maximum Gasteiger partial charge on any atom is 0.0619 e. The van der Waals surface area contributed by atoms with E-state index in [2.05, 4.69) is 289 Å². The van der Waals surface area contributed by atoms with Crippen LogP contribution in [0.5, 0.6) is 0 Å². The van der Waals surface area contributed by atoms with Crippen molar-refractivity contribution in [2.24, 2.45) is 0 Å². The highest BCUT2D eigenvalue weighted by Crippen LogP contribution is 2.42. The molecule has 13 rings (SSSR count). The van der Waals surface area contributed by atoms with E-state index in [1.807, 2.05) is 0 Å². The minimum Gasteiger partial charge on any atom is -0.311 e. The molecule has 70 heavy (non-hydrogen) atoms. The van der Waals surface area contributed by atoms with Crippen LogP contribution in [0.3, 0.4) is 0 Å². The summed E-state index contributed by atoms with van der Waals surface area (Å²) in [6.07, 6.45) is 0. The van der Waals surface area contributed by atoms with Gasteiger partial charge in [-0.05, 0) is 132 Å². The molecule has 2 heteroatoms. The summed E-state index contributed by atoms with van der Waals surface area (Å²) in [7, 11) is 0. The molecule has 0 aliphatic rings. The number of rotatable bonds is 9. The van der Waals surface area contributed by atoms with Crippen LogP contribution in [0.2, 0.25) is 0 Å². The molecule has 328 valence electrons. The monoisotopic (exact) mass is 890 g/mol. The first kappa shape index (κ1) is 41.0. The maximum atomic E-state index is 2.44. The van der Waals surface area contributed by atoms with Crippen LogP contribution in [-0.2, 0) is 0 Å². The Kier molecular flexibility index (Phi) is 10.2. The smallest absolute Gasteiger partial charge is 0.0619 e. The normalized spacial score (nSPS) is 11.4. The van der Waals surface area contributed by atoms with E-state index in [9.17, 15) is 0 Å². The molecule has 1 aromatic heterocycles. The van der Waals surface area contributed by atoms with Crippen LogP contribution in [0, 0.1) is 0 Å². The van der Waals surface area contributed by atoms with E-state index in [-0.39, 0.29) is 0 Å².